The molecule has 1 aliphatic carbocycles. The smallest absolute Gasteiger partial charge is 0.0226 e. The highest BCUT2D eigenvalue weighted by atomic mass is 15.1. The van der Waals surface area contributed by atoms with Crippen LogP contribution >= 0.6 is 0 Å². The Labute approximate surface area is 87.8 Å². The molecule has 2 N–H and O–H groups in total. The third-order valence-corrected chi connectivity index (χ3v) is 3.66. The van der Waals surface area contributed by atoms with E-state index < -0.39 is 0 Å². The van der Waals surface area contributed by atoms with Gasteiger partial charge in [0.1, 0.15) is 0 Å². The zero-order chi connectivity index (χ0) is 10.2. The lowest BCUT2D eigenvalue weighted by atomic mass is 9.89. The van der Waals surface area contributed by atoms with Gasteiger partial charge in [-0.25, -0.2) is 0 Å². The van der Waals surface area contributed by atoms with Gasteiger partial charge in [0, 0.05) is 23.7 Å². The number of hydrogen-bond acceptors (Lipinski definition) is 2. The molecule has 1 saturated heterocycles. The van der Waals surface area contributed by atoms with Crippen LogP contribution in [0.5, 0.6) is 0 Å². The predicted molar refractivity (Wildman–Crippen MR) is 60.5 cm³/mol. The summed E-state index contributed by atoms with van der Waals surface area (Å²) in [7, 11) is 0. The third kappa shape index (κ3) is 2.29. The van der Waals surface area contributed by atoms with Crippen molar-refractivity contribution in [2.45, 2.75) is 76.5 Å². The lowest BCUT2D eigenvalue weighted by molar-refractivity contribution is 0.263. The van der Waals surface area contributed by atoms with Gasteiger partial charge in [0.05, 0.1) is 0 Å². The third-order valence-electron chi connectivity index (χ3n) is 3.66. The molecule has 14 heavy (non-hydrogen) atoms. The van der Waals surface area contributed by atoms with Gasteiger partial charge in [0.2, 0.25) is 0 Å². The van der Waals surface area contributed by atoms with Crippen molar-refractivity contribution < 1.29 is 0 Å². The van der Waals surface area contributed by atoms with E-state index in [4.69, 9.17) is 0 Å². The summed E-state index contributed by atoms with van der Waals surface area (Å²) in [4.78, 5) is 0. The van der Waals surface area contributed by atoms with Crippen molar-refractivity contribution in [2.75, 3.05) is 0 Å². The molecule has 3 atom stereocenters. The molecular weight excluding hydrogens is 172 g/mol. The van der Waals surface area contributed by atoms with Crippen LogP contribution in [0.2, 0.25) is 0 Å². The fourth-order valence-electron chi connectivity index (χ4n) is 3.25. The minimum absolute atomic E-state index is 0.309. The van der Waals surface area contributed by atoms with Gasteiger partial charge < -0.3 is 10.6 Å². The van der Waals surface area contributed by atoms with Crippen molar-refractivity contribution in [3.8, 4) is 0 Å². The van der Waals surface area contributed by atoms with E-state index in [1.54, 1.807) is 0 Å². The van der Waals surface area contributed by atoms with Gasteiger partial charge in [-0.15, -0.1) is 0 Å². The average molecular weight is 196 g/mol. The summed E-state index contributed by atoms with van der Waals surface area (Å²) in [5.41, 5.74) is 0.309. The van der Waals surface area contributed by atoms with Crippen LogP contribution in [-0.4, -0.2) is 23.7 Å². The molecule has 0 aromatic heterocycles. The van der Waals surface area contributed by atoms with Gasteiger partial charge in [-0.1, -0.05) is 12.8 Å². The molecule has 2 fully saturated rings. The lowest BCUT2D eigenvalue weighted by Gasteiger charge is -2.35. The van der Waals surface area contributed by atoms with E-state index in [1.165, 1.54) is 32.1 Å². The van der Waals surface area contributed by atoms with Crippen molar-refractivity contribution in [3.05, 3.63) is 0 Å². The summed E-state index contributed by atoms with van der Waals surface area (Å²) in [5.74, 6) is 0. The molecule has 0 radical (unpaired) electrons. The second kappa shape index (κ2) is 3.82. The quantitative estimate of drug-likeness (QED) is 0.619. The maximum Gasteiger partial charge on any atom is 0.0226 e. The van der Waals surface area contributed by atoms with Crippen molar-refractivity contribution in [1.29, 1.82) is 0 Å². The van der Waals surface area contributed by atoms with E-state index >= 15 is 0 Å². The van der Waals surface area contributed by atoms with Gasteiger partial charge in [0.25, 0.3) is 0 Å². The highest BCUT2D eigenvalue weighted by Crippen LogP contribution is 2.26. The molecule has 0 aromatic rings. The second-order valence-electron chi connectivity index (χ2n) is 5.80. The fraction of sp³-hybridized carbons (Fsp3) is 1.00. The molecule has 2 rings (SSSR count). The zero-order valence-electron chi connectivity index (χ0n) is 9.77. The molecule has 0 amide bonds. The summed E-state index contributed by atoms with van der Waals surface area (Å²) in [6.07, 6.45) is 6.76. The molecule has 0 bridgehead atoms. The molecule has 2 nitrogen and oxygen atoms in total. The molecule has 2 aliphatic rings. The number of nitrogens with one attached hydrogen (secondary N) is 2. The van der Waals surface area contributed by atoms with E-state index in [9.17, 15) is 0 Å². The van der Waals surface area contributed by atoms with Crippen molar-refractivity contribution in [1.82, 2.24) is 10.6 Å². The summed E-state index contributed by atoms with van der Waals surface area (Å²) in [6.45, 7) is 6.99. The van der Waals surface area contributed by atoms with Crippen LogP contribution in [-0.2, 0) is 0 Å². The van der Waals surface area contributed by atoms with Crippen molar-refractivity contribution in [2.24, 2.45) is 0 Å². The lowest BCUT2D eigenvalue weighted by Crippen LogP contribution is -2.52. The Morgan fingerprint density at radius 3 is 2.43 bits per heavy atom. The van der Waals surface area contributed by atoms with E-state index in [-0.39, 0.29) is 0 Å². The highest BCUT2D eigenvalue weighted by Gasteiger charge is 2.35. The van der Waals surface area contributed by atoms with Crippen LogP contribution in [0, 0.1) is 0 Å². The molecule has 0 spiro atoms. The maximum absolute atomic E-state index is 3.83. The molecule has 1 heterocycles. The Balaban J connectivity index is 2.08. The molecule has 3 unspecified atom stereocenters. The second-order valence-corrected chi connectivity index (χ2v) is 5.80. The summed E-state index contributed by atoms with van der Waals surface area (Å²) < 4.78 is 0. The van der Waals surface area contributed by atoms with E-state index in [0.717, 1.165) is 6.04 Å². The van der Waals surface area contributed by atoms with Gasteiger partial charge >= 0.3 is 0 Å². The van der Waals surface area contributed by atoms with Crippen LogP contribution in [0.3, 0.4) is 0 Å². The largest absolute Gasteiger partial charge is 0.310 e. The summed E-state index contributed by atoms with van der Waals surface area (Å²) in [5, 5.41) is 7.60. The molecular formula is C12H24N2. The van der Waals surface area contributed by atoms with E-state index in [0.29, 0.717) is 17.6 Å². The molecule has 82 valence electrons. The van der Waals surface area contributed by atoms with Crippen LogP contribution < -0.4 is 10.6 Å². The number of rotatable bonds is 0. The maximum atomic E-state index is 3.83. The first-order valence-corrected chi connectivity index (χ1v) is 6.11. The van der Waals surface area contributed by atoms with E-state index in [1.807, 2.05) is 0 Å². The first-order valence-electron chi connectivity index (χ1n) is 6.11. The standard InChI is InChI=1S/C12H24N2/c1-9-8-12(2,3)14-11-7-5-4-6-10(11)13-9/h9-11,13-14H,4-8H2,1-3H3. The Hall–Kier alpha value is -0.0800. The molecule has 2 heteroatoms. The zero-order valence-corrected chi connectivity index (χ0v) is 9.77. The Morgan fingerprint density at radius 1 is 1.07 bits per heavy atom. The van der Waals surface area contributed by atoms with Gasteiger partial charge in [-0.3, -0.25) is 0 Å². The first-order chi connectivity index (χ1) is 6.57. The van der Waals surface area contributed by atoms with Crippen LogP contribution in [0.25, 0.3) is 0 Å². The molecule has 1 aliphatic heterocycles. The van der Waals surface area contributed by atoms with Gasteiger partial charge in [0.15, 0.2) is 0 Å². The van der Waals surface area contributed by atoms with Crippen LogP contribution in [0.4, 0.5) is 0 Å². The molecule has 1 saturated carbocycles. The van der Waals surface area contributed by atoms with Gasteiger partial charge in [-0.05, 0) is 40.0 Å². The minimum atomic E-state index is 0.309. The molecule has 0 aromatic carbocycles. The summed E-state index contributed by atoms with van der Waals surface area (Å²) >= 11 is 0. The number of hydrogen-bond donors (Lipinski definition) is 2. The Bertz CT molecular complexity index is 200. The van der Waals surface area contributed by atoms with E-state index in [2.05, 4.69) is 31.4 Å². The SMILES string of the molecule is CC1CC(C)(C)NC2CCCCC2N1. The minimum Gasteiger partial charge on any atom is -0.310 e. The Kier molecular flexibility index (Phi) is 2.85. The predicted octanol–water partition coefficient (Wildman–Crippen LogP) is 2.05. The first kappa shape index (κ1) is 10.4. The monoisotopic (exact) mass is 196 g/mol. The highest BCUT2D eigenvalue weighted by molar-refractivity contribution is 4.97. The van der Waals surface area contributed by atoms with Gasteiger partial charge in [-0.2, -0.15) is 0 Å². The Morgan fingerprint density at radius 2 is 1.71 bits per heavy atom. The van der Waals surface area contributed by atoms with Crippen molar-refractivity contribution >= 4 is 0 Å². The normalized spacial score (nSPS) is 42.6. The topological polar surface area (TPSA) is 24.1 Å². The average Bonchev–Trinajstić information content (AvgIpc) is 2.16. The number of fused-ring (bicyclic) bond motifs is 1. The summed E-state index contributed by atoms with van der Waals surface area (Å²) in [6, 6.07) is 2.09. The fourth-order valence-corrected chi connectivity index (χ4v) is 3.25. The van der Waals surface area contributed by atoms with Crippen LogP contribution in [0.15, 0.2) is 0 Å². The van der Waals surface area contributed by atoms with Crippen LogP contribution in [0.1, 0.15) is 52.9 Å². The van der Waals surface area contributed by atoms with Crippen molar-refractivity contribution in [3.63, 3.8) is 0 Å².